The first kappa shape index (κ1) is 8.08. The number of rotatable bonds is 2. The summed E-state index contributed by atoms with van der Waals surface area (Å²) in [5.74, 6) is 0.510. The van der Waals surface area contributed by atoms with E-state index in [0.29, 0.717) is 5.88 Å². The lowest BCUT2D eigenvalue weighted by atomic mass is 10.2. The van der Waals surface area contributed by atoms with E-state index in [2.05, 4.69) is 5.16 Å². The highest BCUT2D eigenvalue weighted by Gasteiger charge is 1.89. The number of nitrogens with zero attached hydrogens (tertiary/aromatic N) is 1. The molecule has 0 aliphatic carbocycles. The largest absolute Gasteiger partial charge is 0.411 e. The molecule has 0 unspecified atom stereocenters. The minimum atomic E-state index is 0.510. The van der Waals surface area contributed by atoms with Gasteiger partial charge in [0.25, 0.3) is 0 Å². The molecule has 1 N–H and O–H groups in total. The van der Waals surface area contributed by atoms with Gasteiger partial charge in [0.05, 0.1) is 6.21 Å². The van der Waals surface area contributed by atoms with E-state index < -0.39 is 0 Å². The second-order valence-electron chi connectivity index (χ2n) is 2.12. The van der Waals surface area contributed by atoms with Gasteiger partial charge in [-0.3, -0.25) is 0 Å². The maximum absolute atomic E-state index is 8.19. The number of benzene rings is 1. The molecule has 0 bridgehead atoms. The summed E-state index contributed by atoms with van der Waals surface area (Å²) in [7, 11) is 0. The van der Waals surface area contributed by atoms with Crippen molar-refractivity contribution in [3.63, 3.8) is 0 Å². The van der Waals surface area contributed by atoms with Crippen molar-refractivity contribution in [2.24, 2.45) is 5.16 Å². The van der Waals surface area contributed by atoms with Crippen molar-refractivity contribution in [1.29, 1.82) is 0 Å². The van der Waals surface area contributed by atoms with Gasteiger partial charge >= 0.3 is 0 Å². The van der Waals surface area contributed by atoms with Crippen LogP contribution in [0.1, 0.15) is 11.1 Å². The molecule has 0 saturated heterocycles. The highest BCUT2D eigenvalue weighted by Crippen LogP contribution is 2.04. The van der Waals surface area contributed by atoms with Crippen molar-refractivity contribution in [1.82, 2.24) is 0 Å². The van der Waals surface area contributed by atoms with Gasteiger partial charge in [-0.1, -0.05) is 29.4 Å². The molecule has 0 heterocycles. The van der Waals surface area contributed by atoms with Gasteiger partial charge in [0, 0.05) is 5.88 Å². The Labute approximate surface area is 70.1 Å². The van der Waals surface area contributed by atoms with Gasteiger partial charge < -0.3 is 5.21 Å². The van der Waals surface area contributed by atoms with Crippen molar-refractivity contribution in [3.05, 3.63) is 35.4 Å². The third-order valence-corrected chi connectivity index (χ3v) is 1.65. The molecule has 1 rings (SSSR count). The molecular formula is C8H8ClNO. The first-order valence-electron chi connectivity index (χ1n) is 3.19. The minimum Gasteiger partial charge on any atom is -0.411 e. The Kier molecular flexibility index (Phi) is 2.93. The number of oxime groups is 1. The van der Waals surface area contributed by atoms with E-state index in [-0.39, 0.29) is 0 Å². The van der Waals surface area contributed by atoms with Crippen LogP contribution in [0.4, 0.5) is 0 Å². The van der Waals surface area contributed by atoms with E-state index in [1.165, 1.54) is 6.21 Å². The van der Waals surface area contributed by atoms with Crippen molar-refractivity contribution < 1.29 is 5.21 Å². The second-order valence-corrected chi connectivity index (χ2v) is 2.39. The number of alkyl halides is 1. The third kappa shape index (κ3) is 2.24. The van der Waals surface area contributed by atoms with Gasteiger partial charge in [-0.05, 0) is 11.1 Å². The molecule has 0 fully saturated rings. The Morgan fingerprint density at radius 1 is 1.36 bits per heavy atom. The molecule has 2 nitrogen and oxygen atoms in total. The van der Waals surface area contributed by atoms with Gasteiger partial charge in [-0.25, -0.2) is 0 Å². The Balaban J connectivity index is 2.82. The lowest BCUT2D eigenvalue weighted by Gasteiger charge is -1.94. The highest BCUT2D eigenvalue weighted by molar-refractivity contribution is 6.17. The van der Waals surface area contributed by atoms with Crippen LogP contribution in [-0.4, -0.2) is 11.4 Å². The van der Waals surface area contributed by atoms with Crippen LogP contribution in [-0.2, 0) is 5.88 Å². The molecule has 0 saturated carbocycles. The number of hydrogen-bond acceptors (Lipinski definition) is 2. The summed E-state index contributed by atoms with van der Waals surface area (Å²) in [5, 5.41) is 11.1. The van der Waals surface area contributed by atoms with Crippen molar-refractivity contribution in [2.45, 2.75) is 5.88 Å². The lowest BCUT2D eigenvalue weighted by molar-refractivity contribution is 0.322. The predicted octanol–water partition coefficient (Wildman–Crippen LogP) is 2.23. The van der Waals surface area contributed by atoms with E-state index in [4.69, 9.17) is 16.8 Å². The maximum Gasteiger partial charge on any atom is 0.0733 e. The highest BCUT2D eigenvalue weighted by atomic mass is 35.5. The van der Waals surface area contributed by atoms with Crippen LogP contribution in [0.2, 0.25) is 0 Å². The molecule has 1 aromatic rings. The van der Waals surface area contributed by atoms with Gasteiger partial charge in [-0.15, -0.1) is 11.6 Å². The number of hydrogen-bond donors (Lipinski definition) is 1. The lowest BCUT2D eigenvalue weighted by Crippen LogP contribution is -1.82. The first-order chi connectivity index (χ1) is 5.36. The van der Waals surface area contributed by atoms with Crippen LogP contribution in [0.3, 0.4) is 0 Å². The molecule has 3 heteroatoms. The Bertz CT molecular complexity index is 243. The Morgan fingerprint density at radius 3 is 2.45 bits per heavy atom. The summed E-state index contributed by atoms with van der Waals surface area (Å²) in [6, 6.07) is 7.48. The van der Waals surface area contributed by atoms with E-state index in [0.717, 1.165) is 11.1 Å². The summed E-state index contributed by atoms with van der Waals surface area (Å²) in [4.78, 5) is 0. The fraction of sp³-hybridized carbons (Fsp3) is 0.125. The molecule has 0 radical (unpaired) electrons. The molecule has 1 aromatic carbocycles. The zero-order valence-electron chi connectivity index (χ0n) is 5.87. The molecule has 11 heavy (non-hydrogen) atoms. The van der Waals surface area contributed by atoms with Crippen molar-refractivity contribution >= 4 is 17.8 Å². The maximum atomic E-state index is 8.19. The van der Waals surface area contributed by atoms with Gasteiger partial charge in [0.15, 0.2) is 0 Å². The van der Waals surface area contributed by atoms with Crippen LogP contribution in [0.15, 0.2) is 29.4 Å². The molecule has 0 amide bonds. The average Bonchev–Trinajstić information content (AvgIpc) is 2.07. The Hall–Kier alpha value is -1.02. The predicted molar refractivity (Wildman–Crippen MR) is 45.4 cm³/mol. The van der Waals surface area contributed by atoms with Crippen LogP contribution in [0.25, 0.3) is 0 Å². The van der Waals surface area contributed by atoms with Gasteiger partial charge in [0.2, 0.25) is 0 Å². The summed E-state index contributed by atoms with van der Waals surface area (Å²) < 4.78 is 0. The molecule has 58 valence electrons. The van der Waals surface area contributed by atoms with Crippen molar-refractivity contribution in [3.8, 4) is 0 Å². The van der Waals surface area contributed by atoms with Crippen LogP contribution in [0.5, 0.6) is 0 Å². The standard InChI is InChI=1S/C8H8ClNO/c9-5-7-1-3-8(4-2-7)6-10-11/h1-4,6,11H,5H2/b10-6+. The quantitative estimate of drug-likeness (QED) is 0.313. The zero-order chi connectivity index (χ0) is 8.10. The molecule has 0 aromatic heterocycles. The smallest absolute Gasteiger partial charge is 0.0733 e. The Morgan fingerprint density at radius 2 is 2.00 bits per heavy atom. The third-order valence-electron chi connectivity index (χ3n) is 1.34. The van der Waals surface area contributed by atoms with Crippen LogP contribution < -0.4 is 0 Å². The molecule has 0 aliphatic heterocycles. The zero-order valence-corrected chi connectivity index (χ0v) is 6.62. The average molecular weight is 170 g/mol. The molecular weight excluding hydrogens is 162 g/mol. The summed E-state index contributed by atoms with van der Waals surface area (Å²) in [5.41, 5.74) is 1.92. The van der Waals surface area contributed by atoms with Crippen LogP contribution in [0, 0.1) is 0 Å². The fourth-order valence-electron chi connectivity index (χ4n) is 0.759. The normalized spacial score (nSPS) is 10.6. The van der Waals surface area contributed by atoms with Gasteiger partial charge in [0.1, 0.15) is 0 Å². The van der Waals surface area contributed by atoms with E-state index in [9.17, 15) is 0 Å². The van der Waals surface area contributed by atoms with E-state index >= 15 is 0 Å². The van der Waals surface area contributed by atoms with E-state index in [1.54, 1.807) is 0 Å². The fourth-order valence-corrected chi connectivity index (χ4v) is 0.938. The minimum absolute atomic E-state index is 0.510. The van der Waals surface area contributed by atoms with Gasteiger partial charge in [-0.2, -0.15) is 0 Å². The monoisotopic (exact) mass is 169 g/mol. The van der Waals surface area contributed by atoms with E-state index in [1.807, 2.05) is 24.3 Å². The summed E-state index contributed by atoms with van der Waals surface area (Å²) in [6.07, 6.45) is 1.37. The SMILES string of the molecule is O/N=C/c1ccc(CCl)cc1. The van der Waals surface area contributed by atoms with Crippen molar-refractivity contribution in [2.75, 3.05) is 0 Å². The molecule has 0 aliphatic rings. The molecule has 0 spiro atoms. The first-order valence-corrected chi connectivity index (χ1v) is 3.72. The topological polar surface area (TPSA) is 32.6 Å². The second kappa shape index (κ2) is 3.98. The summed E-state index contributed by atoms with van der Waals surface area (Å²) >= 11 is 5.57. The van der Waals surface area contributed by atoms with Crippen LogP contribution >= 0.6 is 11.6 Å². The molecule has 0 atom stereocenters. The number of halogens is 1. The summed E-state index contributed by atoms with van der Waals surface area (Å²) in [6.45, 7) is 0.